The van der Waals surface area contributed by atoms with Gasteiger partial charge in [-0.2, -0.15) is 0 Å². The number of methoxy groups -OCH3 is 1. The van der Waals surface area contributed by atoms with Gasteiger partial charge in [0.1, 0.15) is 19.0 Å². The number of esters is 1. The summed E-state index contributed by atoms with van der Waals surface area (Å²) < 4.78 is 26.7. The molecule has 0 unspecified atom stereocenters. The Morgan fingerprint density at radius 3 is 2.27 bits per heavy atom. The summed E-state index contributed by atoms with van der Waals surface area (Å²) in [4.78, 5) is 17.8. The fourth-order valence-electron chi connectivity index (χ4n) is 2.23. The van der Waals surface area contributed by atoms with Crippen molar-refractivity contribution in [3.8, 4) is 0 Å². The van der Waals surface area contributed by atoms with E-state index in [1.807, 2.05) is 26.7 Å². The Morgan fingerprint density at radius 2 is 1.88 bits per heavy atom. The van der Waals surface area contributed by atoms with Gasteiger partial charge in [0.2, 0.25) is 0 Å². The van der Waals surface area contributed by atoms with Gasteiger partial charge in [-0.25, -0.2) is 0 Å². The highest BCUT2D eigenvalue weighted by Crippen LogP contribution is 2.30. The minimum Gasteiger partial charge on any atom is -0.466 e. The van der Waals surface area contributed by atoms with Crippen LogP contribution in [0.15, 0.2) is 12.7 Å². The summed E-state index contributed by atoms with van der Waals surface area (Å²) in [6.45, 7) is 16.4. The number of rotatable bonds is 3. The molecule has 7 nitrogen and oxygen atoms in total. The molecule has 26 heavy (non-hydrogen) atoms. The molecule has 2 heterocycles. The molecule has 0 N–H and O–H groups in total. The molecule has 3 atom stereocenters. The minimum atomic E-state index is -0.515. The zero-order chi connectivity index (χ0) is 20.6. The van der Waals surface area contributed by atoms with Crippen molar-refractivity contribution < 1.29 is 33.3 Å². The summed E-state index contributed by atoms with van der Waals surface area (Å²) in [5.41, 5.74) is 0. The summed E-state index contributed by atoms with van der Waals surface area (Å²) in [5, 5.41) is 0. The molecule has 0 spiro atoms. The van der Waals surface area contributed by atoms with Crippen molar-refractivity contribution in [2.75, 3.05) is 26.9 Å². The van der Waals surface area contributed by atoms with Crippen LogP contribution in [0.5, 0.6) is 0 Å². The molecule has 2 aliphatic heterocycles. The molecule has 0 radical (unpaired) electrons. The lowest BCUT2D eigenvalue weighted by Gasteiger charge is -2.45. The topological polar surface area (TPSA) is 80.3 Å². The number of allylic oxidation sites excluding steroid dienone is 1. The van der Waals surface area contributed by atoms with Crippen LogP contribution < -0.4 is 0 Å². The van der Waals surface area contributed by atoms with Crippen LogP contribution in [0.2, 0.25) is 0 Å². The van der Waals surface area contributed by atoms with E-state index >= 15 is 0 Å². The first-order valence-electron chi connectivity index (χ1n) is 8.80. The summed E-state index contributed by atoms with van der Waals surface area (Å²) >= 11 is 0. The van der Waals surface area contributed by atoms with E-state index in [-0.39, 0.29) is 24.3 Å². The normalized spacial score (nSPS) is 25.4. The zero-order valence-corrected chi connectivity index (χ0v) is 17.1. The predicted molar refractivity (Wildman–Crippen MR) is 100.0 cm³/mol. The molecule has 7 heteroatoms. The lowest BCUT2D eigenvalue weighted by molar-refractivity contribution is -0.337. The monoisotopic (exact) mass is 376 g/mol. The van der Waals surface area contributed by atoms with Gasteiger partial charge in [-0.15, -0.1) is 6.58 Å². The summed E-state index contributed by atoms with van der Waals surface area (Å²) in [6.07, 6.45) is 4.03. The highest BCUT2D eigenvalue weighted by molar-refractivity contribution is 5.65. The largest absolute Gasteiger partial charge is 0.466 e. The number of carbonyl (C=O) groups excluding carboxylic acids is 2. The number of fused-ring (bicyclic) bond motifs is 1. The zero-order valence-electron chi connectivity index (χ0n) is 17.1. The summed E-state index contributed by atoms with van der Waals surface area (Å²) in [6, 6.07) is 0. The molecule has 2 fully saturated rings. The maximum atomic E-state index is 9.82. The average molecular weight is 376 g/mol. The lowest BCUT2D eigenvalue weighted by Crippen LogP contribution is -2.57. The van der Waals surface area contributed by atoms with Gasteiger partial charge < -0.3 is 28.5 Å². The molecule has 2 rings (SSSR count). The highest BCUT2D eigenvalue weighted by atomic mass is 16.7. The van der Waals surface area contributed by atoms with E-state index in [1.54, 1.807) is 14.0 Å². The number of carbonyl (C=O) groups is 2. The molecular weight excluding hydrogens is 340 g/mol. The average Bonchev–Trinajstić information content (AvgIpc) is 2.63. The third kappa shape index (κ3) is 12.1. The molecule has 2 saturated heterocycles. The first kappa shape index (κ1) is 26.9. The first-order valence-corrected chi connectivity index (χ1v) is 8.80. The van der Waals surface area contributed by atoms with Crippen LogP contribution in [-0.4, -0.2) is 63.8 Å². The van der Waals surface area contributed by atoms with Crippen molar-refractivity contribution in [1.29, 1.82) is 0 Å². The van der Waals surface area contributed by atoms with Gasteiger partial charge in [0.25, 0.3) is 0 Å². The molecule has 0 saturated carbocycles. The standard InChI is InChI=1S/C10H18O4.C4H8O2.C4H8.CH2O/c1-10(2)13-6-8-9(14-10)7(11-3)4-5-12-8;1-3-6-4(2)5;1-3-4-2;1-2/h7-9H,4-6H2,1-3H3;3H2,1-2H3;3H,1,4H2,2H3;1H2/t7-,8-,9+;;;/m1.../s1. The van der Waals surface area contributed by atoms with E-state index in [1.165, 1.54) is 6.92 Å². The Morgan fingerprint density at radius 1 is 1.31 bits per heavy atom. The van der Waals surface area contributed by atoms with E-state index in [0.29, 0.717) is 13.2 Å². The van der Waals surface area contributed by atoms with E-state index in [0.717, 1.165) is 19.4 Å². The Balaban J connectivity index is 0. The maximum Gasteiger partial charge on any atom is 0.302 e. The third-order valence-electron chi connectivity index (χ3n) is 3.42. The van der Waals surface area contributed by atoms with Crippen LogP contribution >= 0.6 is 0 Å². The van der Waals surface area contributed by atoms with Gasteiger partial charge in [-0.1, -0.05) is 13.0 Å². The second-order valence-corrected chi connectivity index (χ2v) is 5.89. The van der Waals surface area contributed by atoms with Crippen LogP contribution in [0.3, 0.4) is 0 Å². The Bertz CT molecular complexity index is 365. The Labute approximate surface area is 158 Å². The molecule has 154 valence electrons. The number of hydrogen-bond donors (Lipinski definition) is 0. The smallest absolute Gasteiger partial charge is 0.302 e. The van der Waals surface area contributed by atoms with Gasteiger partial charge in [0.05, 0.1) is 19.3 Å². The number of ether oxygens (including phenoxy) is 5. The molecule has 0 bridgehead atoms. The van der Waals surface area contributed by atoms with Crippen LogP contribution in [-0.2, 0) is 33.3 Å². The minimum absolute atomic E-state index is 0.0116. The molecule has 0 aliphatic carbocycles. The van der Waals surface area contributed by atoms with E-state index in [4.69, 9.17) is 23.7 Å². The predicted octanol–water partition coefficient (Wildman–Crippen LogP) is 2.91. The van der Waals surface area contributed by atoms with E-state index in [9.17, 15) is 4.79 Å². The quantitative estimate of drug-likeness (QED) is 0.553. The second kappa shape index (κ2) is 15.9. The van der Waals surface area contributed by atoms with Crippen molar-refractivity contribution in [3.63, 3.8) is 0 Å². The molecule has 0 amide bonds. The van der Waals surface area contributed by atoms with Gasteiger partial charge in [0, 0.05) is 20.6 Å². The maximum absolute atomic E-state index is 9.82. The van der Waals surface area contributed by atoms with E-state index in [2.05, 4.69) is 18.2 Å². The molecule has 0 aromatic carbocycles. The summed E-state index contributed by atoms with van der Waals surface area (Å²) in [5.74, 6) is -0.726. The molecule has 0 aromatic rings. The fraction of sp³-hybridized carbons (Fsp3) is 0.789. The van der Waals surface area contributed by atoms with Gasteiger partial charge in [0.15, 0.2) is 5.79 Å². The Kier molecular flexibility index (Phi) is 16.5. The van der Waals surface area contributed by atoms with Gasteiger partial charge in [-0.3, -0.25) is 4.79 Å². The van der Waals surface area contributed by atoms with Crippen LogP contribution in [0.1, 0.15) is 47.5 Å². The van der Waals surface area contributed by atoms with Gasteiger partial charge >= 0.3 is 5.97 Å². The van der Waals surface area contributed by atoms with Crippen molar-refractivity contribution in [1.82, 2.24) is 0 Å². The van der Waals surface area contributed by atoms with E-state index < -0.39 is 5.79 Å². The van der Waals surface area contributed by atoms with Crippen LogP contribution in [0, 0.1) is 0 Å². The molecular formula is C19H36O7. The van der Waals surface area contributed by atoms with Crippen molar-refractivity contribution in [3.05, 3.63) is 12.7 Å². The fourth-order valence-corrected chi connectivity index (χ4v) is 2.23. The highest BCUT2D eigenvalue weighted by Gasteiger charge is 2.43. The van der Waals surface area contributed by atoms with Crippen molar-refractivity contribution in [2.45, 2.75) is 71.6 Å². The van der Waals surface area contributed by atoms with Crippen molar-refractivity contribution in [2.24, 2.45) is 0 Å². The SMILES string of the molecule is C=CCC.C=O.CCOC(C)=O.CO[C@@H]1CCO[C@@H]2COC(C)(C)O[C@@H]12. The summed E-state index contributed by atoms with van der Waals surface area (Å²) in [7, 11) is 1.72. The van der Waals surface area contributed by atoms with Crippen LogP contribution in [0.25, 0.3) is 0 Å². The first-order chi connectivity index (χ1) is 12.3. The van der Waals surface area contributed by atoms with Gasteiger partial charge in [-0.05, 0) is 33.6 Å². The second-order valence-electron chi connectivity index (χ2n) is 5.89. The number of hydrogen-bond acceptors (Lipinski definition) is 7. The Hall–Kier alpha value is -1.28. The van der Waals surface area contributed by atoms with Crippen molar-refractivity contribution >= 4 is 12.8 Å². The lowest BCUT2D eigenvalue weighted by atomic mass is 10.0. The van der Waals surface area contributed by atoms with Crippen LogP contribution in [0.4, 0.5) is 0 Å². The molecule has 2 aliphatic rings. The molecule has 0 aromatic heterocycles. The third-order valence-corrected chi connectivity index (χ3v) is 3.42.